The van der Waals surface area contributed by atoms with Gasteiger partial charge in [-0.25, -0.2) is 0 Å². The van der Waals surface area contributed by atoms with Gasteiger partial charge in [0.15, 0.2) is 0 Å². The number of hydrogen-bond donors (Lipinski definition) is 1. The van der Waals surface area contributed by atoms with E-state index in [1.54, 1.807) is 0 Å². The molecule has 0 bridgehead atoms. The molecule has 0 spiro atoms. The fraction of sp³-hybridized carbons (Fsp3) is 0.571. The molecule has 1 aromatic rings. The summed E-state index contributed by atoms with van der Waals surface area (Å²) in [6.07, 6.45) is 2.50. The fourth-order valence-electron chi connectivity index (χ4n) is 1.71. The summed E-state index contributed by atoms with van der Waals surface area (Å²) < 4.78 is 5.68. The van der Waals surface area contributed by atoms with Gasteiger partial charge in [-0.05, 0) is 31.6 Å². The van der Waals surface area contributed by atoms with Crippen LogP contribution < -0.4 is 10.5 Å². The van der Waals surface area contributed by atoms with Gasteiger partial charge in [-0.2, -0.15) is 0 Å². The van der Waals surface area contributed by atoms with Crippen LogP contribution in [0.2, 0.25) is 0 Å². The van der Waals surface area contributed by atoms with Crippen molar-refractivity contribution in [1.82, 2.24) is 4.90 Å². The van der Waals surface area contributed by atoms with Crippen LogP contribution in [-0.2, 0) is 0 Å². The zero-order chi connectivity index (χ0) is 12.5. The minimum Gasteiger partial charge on any atom is -0.492 e. The second kappa shape index (κ2) is 7.96. The van der Waals surface area contributed by atoms with Crippen LogP contribution in [0, 0.1) is 0 Å². The zero-order valence-electron chi connectivity index (χ0n) is 11.0. The fourth-order valence-corrected chi connectivity index (χ4v) is 1.71. The summed E-state index contributed by atoms with van der Waals surface area (Å²) in [6.45, 7) is 8.35. The molecule has 0 saturated heterocycles. The second-order valence-corrected chi connectivity index (χ2v) is 4.21. The molecule has 0 heterocycles. The van der Waals surface area contributed by atoms with Crippen molar-refractivity contribution in [2.45, 2.75) is 26.7 Å². The molecule has 0 aliphatic carbocycles. The molecule has 3 nitrogen and oxygen atoms in total. The van der Waals surface area contributed by atoms with Crippen LogP contribution >= 0.6 is 0 Å². The van der Waals surface area contributed by atoms with Crippen LogP contribution in [0.5, 0.6) is 5.75 Å². The van der Waals surface area contributed by atoms with E-state index in [1.165, 1.54) is 12.8 Å². The number of rotatable bonds is 8. The molecule has 0 fully saturated rings. The van der Waals surface area contributed by atoms with Gasteiger partial charge in [-0.1, -0.05) is 26.3 Å². The van der Waals surface area contributed by atoms with E-state index in [1.807, 2.05) is 24.3 Å². The first-order valence-corrected chi connectivity index (χ1v) is 6.47. The molecule has 17 heavy (non-hydrogen) atoms. The summed E-state index contributed by atoms with van der Waals surface area (Å²) >= 11 is 0. The molecule has 0 aliphatic rings. The number of nitrogens with two attached hydrogens (primary N) is 1. The third-order valence-corrected chi connectivity index (χ3v) is 2.81. The van der Waals surface area contributed by atoms with Crippen molar-refractivity contribution in [3.63, 3.8) is 0 Å². The Bertz CT molecular complexity index is 315. The van der Waals surface area contributed by atoms with Crippen LogP contribution in [0.1, 0.15) is 26.7 Å². The Morgan fingerprint density at radius 3 is 2.71 bits per heavy atom. The van der Waals surface area contributed by atoms with E-state index in [2.05, 4.69) is 18.7 Å². The molecule has 2 N–H and O–H groups in total. The topological polar surface area (TPSA) is 38.5 Å². The van der Waals surface area contributed by atoms with Gasteiger partial charge in [0.1, 0.15) is 12.4 Å². The largest absolute Gasteiger partial charge is 0.492 e. The van der Waals surface area contributed by atoms with E-state index in [9.17, 15) is 0 Å². The second-order valence-electron chi connectivity index (χ2n) is 4.21. The predicted octanol–water partition coefficient (Wildman–Crippen LogP) is 2.77. The molecule has 0 aromatic heterocycles. The maximum atomic E-state index is 5.69. The van der Waals surface area contributed by atoms with Crippen LogP contribution in [0.4, 0.5) is 5.69 Å². The van der Waals surface area contributed by atoms with Crippen molar-refractivity contribution in [1.29, 1.82) is 0 Å². The van der Waals surface area contributed by atoms with Crippen molar-refractivity contribution in [2.24, 2.45) is 0 Å². The Labute approximate surface area is 105 Å². The quantitative estimate of drug-likeness (QED) is 0.705. The molecule has 0 atom stereocenters. The van der Waals surface area contributed by atoms with Gasteiger partial charge in [-0.15, -0.1) is 0 Å². The normalized spacial score (nSPS) is 10.8. The van der Waals surface area contributed by atoms with Crippen LogP contribution in [0.25, 0.3) is 0 Å². The third kappa shape index (κ3) is 5.59. The van der Waals surface area contributed by atoms with Gasteiger partial charge in [0.05, 0.1) is 0 Å². The molecular formula is C14H24N2O. The number of ether oxygens (including phenoxy) is 1. The van der Waals surface area contributed by atoms with Crippen LogP contribution in [0.15, 0.2) is 24.3 Å². The molecule has 1 rings (SSSR count). The zero-order valence-corrected chi connectivity index (χ0v) is 11.0. The molecule has 0 saturated carbocycles. The maximum absolute atomic E-state index is 5.69. The van der Waals surface area contributed by atoms with Gasteiger partial charge >= 0.3 is 0 Å². The highest BCUT2D eigenvalue weighted by Crippen LogP contribution is 2.14. The van der Waals surface area contributed by atoms with E-state index < -0.39 is 0 Å². The lowest BCUT2D eigenvalue weighted by Crippen LogP contribution is -2.29. The Kier molecular flexibility index (Phi) is 6.48. The minimum atomic E-state index is 0.723. The van der Waals surface area contributed by atoms with Gasteiger partial charge < -0.3 is 15.4 Å². The molecule has 96 valence electrons. The Hall–Kier alpha value is -1.22. The van der Waals surface area contributed by atoms with E-state index in [-0.39, 0.29) is 0 Å². The van der Waals surface area contributed by atoms with Gasteiger partial charge in [0, 0.05) is 18.3 Å². The molecule has 1 aromatic carbocycles. The number of unbranched alkanes of at least 4 members (excludes halogenated alkanes) is 1. The highest BCUT2D eigenvalue weighted by Gasteiger charge is 2.01. The first kappa shape index (κ1) is 13.8. The van der Waals surface area contributed by atoms with E-state index >= 15 is 0 Å². The number of benzene rings is 1. The Balaban J connectivity index is 2.26. The summed E-state index contributed by atoms with van der Waals surface area (Å²) in [5, 5.41) is 0. The van der Waals surface area contributed by atoms with E-state index in [4.69, 9.17) is 10.5 Å². The minimum absolute atomic E-state index is 0.723. The number of likely N-dealkylation sites (N-methyl/N-ethyl adjacent to an activating group) is 1. The average molecular weight is 236 g/mol. The molecular weight excluding hydrogens is 212 g/mol. The van der Waals surface area contributed by atoms with Crippen molar-refractivity contribution in [3.05, 3.63) is 24.3 Å². The number of nitrogen functional groups attached to an aromatic ring is 1. The highest BCUT2D eigenvalue weighted by molar-refractivity contribution is 5.43. The van der Waals surface area contributed by atoms with Gasteiger partial charge in [0.2, 0.25) is 0 Å². The molecule has 0 unspecified atom stereocenters. The van der Waals surface area contributed by atoms with Gasteiger partial charge in [-0.3, -0.25) is 0 Å². The van der Waals surface area contributed by atoms with E-state index in [0.29, 0.717) is 0 Å². The SMILES string of the molecule is CCCCN(CC)CCOc1cccc(N)c1. The van der Waals surface area contributed by atoms with Crippen molar-refractivity contribution in [2.75, 3.05) is 32.0 Å². The molecule has 0 radical (unpaired) electrons. The first-order chi connectivity index (χ1) is 8.26. The molecule has 0 aliphatic heterocycles. The van der Waals surface area contributed by atoms with Crippen LogP contribution in [0.3, 0.4) is 0 Å². The lowest BCUT2D eigenvalue weighted by molar-refractivity contribution is 0.213. The first-order valence-electron chi connectivity index (χ1n) is 6.47. The van der Waals surface area contributed by atoms with E-state index in [0.717, 1.165) is 37.7 Å². The monoisotopic (exact) mass is 236 g/mol. The van der Waals surface area contributed by atoms with Crippen LogP contribution in [-0.4, -0.2) is 31.1 Å². The summed E-state index contributed by atoms with van der Waals surface area (Å²) in [5.74, 6) is 0.858. The van der Waals surface area contributed by atoms with Crippen molar-refractivity contribution >= 4 is 5.69 Å². The number of anilines is 1. The lowest BCUT2D eigenvalue weighted by atomic mass is 10.3. The van der Waals surface area contributed by atoms with Crippen molar-refractivity contribution < 1.29 is 4.74 Å². The summed E-state index contributed by atoms with van der Waals surface area (Å²) in [4.78, 5) is 2.41. The molecule has 0 amide bonds. The van der Waals surface area contributed by atoms with Crippen molar-refractivity contribution in [3.8, 4) is 5.75 Å². The summed E-state index contributed by atoms with van der Waals surface area (Å²) in [6, 6.07) is 7.59. The summed E-state index contributed by atoms with van der Waals surface area (Å²) in [7, 11) is 0. The highest BCUT2D eigenvalue weighted by atomic mass is 16.5. The lowest BCUT2D eigenvalue weighted by Gasteiger charge is -2.20. The summed E-state index contributed by atoms with van der Waals surface area (Å²) in [5.41, 5.74) is 6.44. The van der Waals surface area contributed by atoms with Gasteiger partial charge in [0.25, 0.3) is 0 Å². The smallest absolute Gasteiger partial charge is 0.121 e. The Morgan fingerprint density at radius 1 is 1.24 bits per heavy atom. The number of nitrogens with zero attached hydrogens (tertiary/aromatic N) is 1. The third-order valence-electron chi connectivity index (χ3n) is 2.81. The average Bonchev–Trinajstić information content (AvgIpc) is 2.33. The maximum Gasteiger partial charge on any atom is 0.121 e. The predicted molar refractivity (Wildman–Crippen MR) is 73.4 cm³/mol. The standard InChI is InChI=1S/C14H24N2O/c1-3-5-9-16(4-2)10-11-17-14-8-6-7-13(15)12-14/h6-8,12H,3-5,9-11,15H2,1-2H3. The number of hydrogen-bond acceptors (Lipinski definition) is 3. The molecule has 3 heteroatoms. The Morgan fingerprint density at radius 2 is 2.06 bits per heavy atom.